The Morgan fingerprint density at radius 1 is 1.28 bits per heavy atom. The third-order valence-corrected chi connectivity index (χ3v) is 4.77. The van der Waals surface area contributed by atoms with Crippen LogP contribution < -0.4 is 10.1 Å². The second kappa shape index (κ2) is 4.93. The van der Waals surface area contributed by atoms with Crippen molar-refractivity contribution in [2.45, 2.75) is 51.1 Å². The zero-order chi connectivity index (χ0) is 12.5. The van der Waals surface area contributed by atoms with Crippen molar-refractivity contribution in [3.8, 4) is 5.75 Å². The SMILES string of the molecule is COc1cccc2c1CCC2NC(C)C1CCC1. The Labute approximate surface area is 110 Å². The maximum atomic E-state index is 5.46. The second-order valence-corrected chi connectivity index (χ2v) is 5.77. The zero-order valence-electron chi connectivity index (χ0n) is 11.4. The molecule has 3 rings (SSSR count). The van der Waals surface area contributed by atoms with Crippen LogP contribution in [-0.2, 0) is 6.42 Å². The van der Waals surface area contributed by atoms with Crippen LogP contribution >= 0.6 is 0 Å². The van der Waals surface area contributed by atoms with Crippen molar-refractivity contribution in [1.29, 1.82) is 0 Å². The molecule has 2 aliphatic rings. The lowest BCUT2D eigenvalue weighted by Gasteiger charge is -2.34. The minimum Gasteiger partial charge on any atom is -0.496 e. The van der Waals surface area contributed by atoms with E-state index in [9.17, 15) is 0 Å². The van der Waals surface area contributed by atoms with Crippen LogP contribution in [0.1, 0.15) is 49.8 Å². The van der Waals surface area contributed by atoms with Crippen molar-refractivity contribution in [2.24, 2.45) is 5.92 Å². The van der Waals surface area contributed by atoms with Crippen LogP contribution in [0.15, 0.2) is 18.2 Å². The molecule has 2 nitrogen and oxygen atoms in total. The van der Waals surface area contributed by atoms with Crippen molar-refractivity contribution in [2.75, 3.05) is 7.11 Å². The molecule has 98 valence electrons. The van der Waals surface area contributed by atoms with Crippen molar-refractivity contribution < 1.29 is 4.74 Å². The van der Waals surface area contributed by atoms with Crippen LogP contribution in [0, 0.1) is 5.92 Å². The Morgan fingerprint density at radius 2 is 2.11 bits per heavy atom. The van der Waals surface area contributed by atoms with E-state index in [1.165, 1.54) is 36.8 Å². The average Bonchev–Trinajstić information content (AvgIpc) is 2.70. The molecule has 1 N–H and O–H groups in total. The van der Waals surface area contributed by atoms with Crippen LogP contribution in [-0.4, -0.2) is 13.2 Å². The predicted molar refractivity (Wildman–Crippen MR) is 74.0 cm³/mol. The highest BCUT2D eigenvalue weighted by Gasteiger charge is 2.30. The van der Waals surface area contributed by atoms with Crippen LogP contribution in [0.4, 0.5) is 0 Å². The highest BCUT2D eigenvalue weighted by molar-refractivity contribution is 5.45. The summed E-state index contributed by atoms with van der Waals surface area (Å²) in [6.45, 7) is 2.35. The molecule has 0 amide bonds. The Kier molecular flexibility index (Phi) is 3.29. The Hall–Kier alpha value is -1.02. The molecule has 0 heterocycles. The van der Waals surface area contributed by atoms with E-state index >= 15 is 0 Å². The van der Waals surface area contributed by atoms with E-state index in [1.807, 2.05) is 0 Å². The maximum Gasteiger partial charge on any atom is 0.122 e. The quantitative estimate of drug-likeness (QED) is 0.877. The lowest BCUT2D eigenvalue weighted by Crippen LogP contribution is -2.38. The number of methoxy groups -OCH3 is 1. The molecule has 2 aliphatic carbocycles. The molecule has 2 unspecified atom stereocenters. The summed E-state index contributed by atoms with van der Waals surface area (Å²) in [5, 5.41) is 3.83. The van der Waals surface area contributed by atoms with Gasteiger partial charge in [-0.3, -0.25) is 0 Å². The van der Waals surface area contributed by atoms with Crippen LogP contribution in [0.2, 0.25) is 0 Å². The van der Waals surface area contributed by atoms with Crippen LogP contribution in [0.25, 0.3) is 0 Å². The van der Waals surface area contributed by atoms with Gasteiger partial charge in [-0.25, -0.2) is 0 Å². The molecular formula is C16H23NO. The van der Waals surface area contributed by atoms with Gasteiger partial charge in [-0.2, -0.15) is 0 Å². The van der Waals surface area contributed by atoms with Crippen molar-refractivity contribution in [1.82, 2.24) is 5.32 Å². The monoisotopic (exact) mass is 245 g/mol. The van der Waals surface area contributed by atoms with Gasteiger partial charge in [0.25, 0.3) is 0 Å². The number of nitrogens with one attached hydrogen (secondary N) is 1. The fraction of sp³-hybridized carbons (Fsp3) is 0.625. The minimum atomic E-state index is 0.533. The molecule has 0 aliphatic heterocycles. The molecule has 1 aromatic carbocycles. The molecule has 0 spiro atoms. The van der Waals surface area contributed by atoms with E-state index in [4.69, 9.17) is 4.74 Å². The number of ether oxygens (including phenoxy) is 1. The molecule has 2 atom stereocenters. The third kappa shape index (κ3) is 2.03. The molecule has 1 fully saturated rings. The van der Waals surface area contributed by atoms with E-state index < -0.39 is 0 Å². The number of rotatable bonds is 4. The van der Waals surface area contributed by atoms with E-state index in [0.29, 0.717) is 12.1 Å². The van der Waals surface area contributed by atoms with Crippen molar-refractivity contribution in [3.05, 3.63) is 29.3 Å². The minimum absolute atomic E-state index is 0.533. The molecular weight excluding hydrogens is 222 g/mol. The van der Waals surface area contributed by atoms with Gasteiger partial charge in [0.15, 0.2) is 0 Å². The van der Waals surface area contributed by atoms with E-state index in [-0.39, 0.29) is 0 Å². The van der Waals surface area contributed by atoms with Gasteiger partial charge in [-0.1, -0.05) is 18.6 Å². The fourth-order valence-electron chi connectivity index (χ4n) is 3.38. The Balaban J connectivity index is 1.73. The molecule has 0 saturated heterocycles. The van der Waals surface area contributed by atoms with Gasteiger partial charge in [0.05, 0.1) is 7.11 Å². The standard InChI is InChI=1S/C16H23NO/c1-11(12-5-3-6-12)17-15-10-9-14-13(15)7-4-8-16(14)18-2/h4,7-8,11-12,15,17H,3,5-6,9-10H2,1-2H3. The summed E-state index contributed by atoms with van der Waals surface area (Å²) in [4.78, 5) is 0. The predicted octanol–water partition coefficient (Wildman–Crippen LogP) is 3.46. The first-order chi connectivity index (χ1) is 8.79. The molecule has 1 saturated carbocycles. The van der Waals surface area contributed by atoms with Gasteiger partial charge in [-0.15, -0.1) is 0 Å². The summed E-state index contributed by atoms with van der Waals surface area (Å²) in [6, 6.07) is 7.64. The molecule has 0 aromatic heterocycles. The molecule has 0 bridgehead atoms. The smallest absolute Gasteiger partial charge is 0.122 e. The van der Waals surface area contributed by atoms with Gasteiger partial charge in [0, 0.05) is 12.1 Å². The largest absolute Gasteiger partial charge is 0.496 e. The van der Waals surface area contributed by atoms with Crippen LogP contribution in [0.5, 0.6) is 5.75 Å². The van der Waals surface area contributed by atoms with E-state index in [0.717, 1.165) is 18.1 Å². The topological polar surface area (TPSA) is 21.3 Å². The lowest BCUT2D eigenvalue weighted by molar-refractivity contribution is 0.226. The third-order valence-electron chi connectivity index (χ3n) is 4.77. The zero-order valence-corrected chi connectivity index (χ0v) is 11.4. The highest BCUT2D eigenvalue weighted by atomic mass is 16.5. The number of fused-ring (bicyclic) bond motifs is 1. The Bertz CT molecular complexity index is 425. The molecule has 18 heavy (non-hydrogen) atoms. The first kappa shape index (κ1) is 12.0. The number of hydrogen-bond donors (Lipinski definition) is 1. The molecule has 0 radical (unpaired) electrons. The number of hydrogen-bond acceptors (Lipinski definition) is 2. The van der Waals surface area contributed by atoms with Crippen molar-refractivity contribution >= 4 is 0 Å². The van der Waals surface area contributed by atoms with E-state index in [2.05, 4.69) is 30.4 Å². The average molecular weight is 245 g/mol. The summed E-state index contributed by atoms with van der Waals surface area (Å²) >= 11 is 0. The molecule has 2 heteroatoms. The lowest BCUT2D eigenvalue weighted by atomic mass is 9.80. The van der Waals surface area contributed by atoms with Gasteiger partial charge in [0.2, 0.25) is 0 Å². The number of benzene rings is 1. The summed E-state index contributed by atoms with van der Waals surface area (Å²) in [5.41, 5.74) is 2.87. The van der Waals surface area contributed by atoms with Gasteiger partial charge in [-0.05, 0) is 55.7 Å². The first-order valence-corrected chi connectivity index (χ1v) is 7.21. The van der Waals surface area contributed by atoms with E-state index in [1.54, 1.807) is 7.11 Å². The molecule has 1 aromatic rings. The van der Waals surface area contributed by atoms with Crippen LogP contribution in [0.3, 0.4) is 0 Å². The highest BCUT2D eigenvalue weighted by Crippen LogP contribution is 2.38. The summed E-state index contributed by atoms with van der Waals surface area (Å²) in [5.74, 6) is 1.97. The fourth-order valence-corrected chi connectivity index (χ4v) is 3.38. The Morgan fingerprint density at radius 3 is 2.78 bits per heavy atom. The van der Waals surface area contributed by atoms with Gasteiger partial charge >= 0.3 is 0 Å². The normalized spacial score (nSPS) is 24.4. The second-order valence-electron chi connectivity index (χ2n) is 5.77. The van der Waals surface area contributed by atoms with Crippen molar-refractivity contribution in [3.63, 3.8) is 0 Å². The maximum absolute atomic E-state index is 5.46. The van der Waals surface area contributed by atoms with Gasteiger partial charge in [0.1, 0.15) is 5.75 Å². The van der Waals surface area contributed by atoms with Gasteiger partial charge < -0.3 is 10.1 Å². The summed E-state index contributed by atoms with van der Waals surface area (Å²) in [6.07, 6.45) is 6.60. The summed E-state index contributed by atoms with van der Waals surface area (Å²) in [7, 11) is 1.77. The first-order valence-electron chi connectivity index (χ1n) is 7.21. The summed E-state index contributed by atoms with van der Waals surface area (Å²) < 4.78 is 5.46.